The Kier molecular flexibility index (Phi) is 5.91. The lowest BCUT2D eigenvalue weighted by atomic mass is 10.1. The number of nitrogens with zero attached hydrogens (tertiary/aromatic N) is 1. The van der Waals surface area contributed by atoms with Crippen LogP contribution < -0.4 is 5.32 Å². The molecule has 0 saturated carbocycles. The maximum Gasteiger partial charge on any atom is 0.261 e. The highest BCUT2D eigenvalue weighted by atomic mass is 16.3. The van der Waals surface area contributed by atoms with Crippen LogP contribution in [0.25, 0.3) is 0 Å². The molecule has 2 N–H and O–H groups in total. The van der Waals surface area contributed by atoms with E-state index in [2.05, 4.69) is 12.2 Å². The van der Waals surface area contributed by atoms with Crippen LogP contribution in [-0.4, -0.2) is 47.1 Å². The van der Waals surface area contributed by atoms with Crippen LogP contribution in [0, 0.1) is 5.92 Å². The normalized spacial score (nSPS) is 16.8. The number of hydrogen-bond donors (Lipinski definition) is 2. The first-order chi connectivity index (χ1) is 10.9. The summed E-state index contributed by atoms with van der Waals surface area (Å²) in [6.07, 6.45) is 1.24. The molecule has 0 radical (unpaired) electrons. The van der Waals surface area contributed by atoms with Gasteiger partial charge in [0, 0.05) is 19.1 Å². The summed E-state index contributed by atoms with van der Waals surface area (Å²) in [6, 6.07) is 7.19. The number of carbonyl (C=O) groups excluding carboxylic acids is 2. The van der Waals surface area contributed by atoms with Gasteiger partial charge in [-0.3, -0.25) is 14.5 Å². The smallest absolute Gasteiger partial charge is 0.261 e. The molecule has 2 amide bonds. The summed E-state index contributed by atoms with van der Waals surface area (Å²) in [7, 11) is 0. The summed E-state index contributed by atoms with van der Waals surface area (Å²) >= 11 is 0. The van der Waals surface area contributed by atoms with Crippen molar-refractivity contribution in [1.29, 1.82) is 0 Å². The molecule has 1 heterocycles. The van der Waals surface area contributed by atoms with Crippen LogP contribution in [0.3, 0.4) is 0 Å². The molecule has 1 aromatic rings. The first-order valence-corrected chi connectivity index (χ1v) is 8.28. The second-order valence-corrected chi connectivity index (χ2v) is 6.57. The molecule has 0 spiro atoms. The number of nitrogens with one attached hydrogen (secondary N) is 1. The van der Waals surface area contributed by atoms with Crippen molar-refractivity contribution in [3.63, 3.8) is 0 Å². The molecule has 0 saturated heterocycles. The van der Waals surface area contributed by atoms with Crippen LogP contribution in [0.2, 0.25) is 0 Å². The molecule has 5 heteroatoms. The highest BCUT2D eigenvalue weighted by molar-refractivity contribution is 6.21. The zero-order valence-corrected chi connectivity index (χ0v) is 14.1. The van der Waals surface area contributed by atoms with Crippen LogP contribution in [0.15, 0.2) is 24.3 Å². The molecule has 1 aliphatic heterocycles. The predicted octanol–water partition coefficient (Wildman–Crippen LogP) is 2.06. The van der Waals surface area contributed by atoms with Gasteiger partial charge in [-0.05, 0) is 37.8 Å². The molecule has 0 bridgehead atoms. The van der Waals surface area contributed by atoms with E-state index in [-0.39, 0.29) is 29.9 Å². The minimum atomic E-state index is -0.353. The summed E-state index contributed by atoms with van der Waals surface area (Å²) in [6.45, 7) is 7.02. The molecular formula is C18H26N2O3. The molecule has 0 fully saturated rings. The molecule has 1 aliphatic rings. The zero-order valence-electron chi connectivity index (χ0n) is 14.1. The van der Waals surface area contributed by atoms with Gasteiger partial charge < -0.3 is 10.4 Å². The Labute approximate surface area is 137 Å². The largest absolute Gasteiger partial charge is 0.392 e. The molecular weight excluding hydrogens is 292 g/mol. The van der Waals surface area contributed by atoms with Gasteiger partial charge in [-0.25, -0.2) is 0 Å². The number of aliphatic hydroxyl groups is 1. The predicted molar refractivity (Wildman–Crippen MR) is 89.4 cm³/mol. The molecule has 126 valence electrons. The van der Waals surface area contributed by atoms with E-state index in [4.69, 9.17) is 0 Å². The number of rotatable bonds is 8. The molecule has 23 heavy (non-hydrogen) atoms. The average Bonchev–Trinajstić information content (AvgIpc) is 2.77. The lowest BCUT2D eigenvalue weighted by molar-refractivity contribution is 0.0650. The number of hydrogen-bond acceptors (Lipinski definition) is 4. The number of benzene rings is 1. The quantitative estimate of drug-likeness (QED) is 0.720. The summed E-state index contributed by atoms with van der Waals surface area (Å²) in [5.74, 6) is -0.157. The molecule has 0 aromatic heterocycles. The van der Waals surface area contributed by atoms with Crippen LogP contribution in [0.1, 0.15) is 54.3 Å². The van der Waals surface area contributed by atoms with E-state index >= 15 is 0 Å². The van der Waals surface area contributed by atoms with E-state index < -0.39 is 0 Å². The lowest BCUT2D eigenvalue weighted by Gasteiger charge is -2.20. The van der Waals surface area contributed by atoms with Crippen LogP contribution >= 0.6 is 0 Å². The van der Waals surface area contributed by atoms with Gasteiger partial charge >= 0.3 is 0 Å². The number of carbonyl (C=O) groups is 2. The summed E-state index contributed by atoms with van der Waals surface area (Å²) in [5.41, 5.74) is 1.01. The Balaban J connectivity index is 1.77. The van der Waals surface area contributed by atoms with E-state index in [1.165, 1.54) is 4.90 Å². The Morgan fingerprint density at radius 1 is 1.09 bits per heavy atom. The first kappa shape index (κ1) is 17.6. The monoisotopic (exact) mass is 318 g/mol. The fourth-order valence-corrected chi connectivity index (χ4v) is 2.66. The average molecular weight is 318 g/mol. The Bertz CT molecular complexity index is 536. The Morgan fingerprint density at radius 2 is 1.65 bits per heavy atom. The van der Waals surface area contributed by atoms with Crippen molar-refractivity contribution in [2.75, 3.05) is 13.1 Å². The molecule has 5 nitrogen and oxygen atoms in total. The van der Waals surface area contributed by atoms with Crippen molar-refractivity contribution in [1.82, 2.24) is 10.2 Å². The number of amides is 2. The van der Waals surface area contributed by atoms with E-state index in [1.807, 2.05) is 13.8 Å². The molecule has 2 rings (SSSR count). The third-order valence-corrected chi connectivity index (χ3v) is 4.34. The highest BCUT2D eigenvalue weighted by Gasteiger charge is 2.34. The number of aliphatic hydroxyl groups excluding tert-OH is 1. The highest BCUT2D eigenvalue weighted by Crippen LogP contribution is 2.22. The van der Waals surface area contributed by atoms with Gasteiger partial charge in [0.1, 0.15) is 0 Å². The van der Waals surface area contributed by atoms with Gasteiger partial charge in [0.05, 0.1) is 17.2 Å². The lowest BCUT2D eigenvalue weighted by Crippen LogP contribution is -2.37. The van der Waals surface area contributed by atoms with Gasteiger partial charge in [0.25, 0.3) is 11.8 Å². The van der Waals surface area contributed by atoms with E-state index in [1.54, 1.807) is 24.3 Å². The molecule has 1 aromatic carbocycles. The summed E-state index contributed by atoms with van der Waals surface area (Å²) in [4.78, 5) is 25.8. The maximum absolute atomic E-state index is 12.2. The Morgan fingerprint density at radius 3 is 2.17 bits per heavy atom. The first-order valence-electron chi connectivity index (χ1n) is 8.28. The Hall–Kier alpha value is -1.72. The van der Waals surface area contributed by atoms with Crippen molar-refractivity contribution >= 4 is 11.8 Å². The van der Waals surface area contributed by atoms with Gasteiger partial charge in [-0.15, -0.1) is 0 Å². The number of fused-ring (bicyclic) bond motifs is 1. The van der Waals surface area contributed by atoms with E-state index in [0.29, 0.717) is 24.2 Å². The summed E-state index contributed by atoms with van der Waals surface area (Å²) < 4.78 is 0. The van der Waals surface area contributed by atoms with Crippen molar-refractivity contribution in [2.45, 2.75) is 45.8 Å². The molecule has 2 atom stereocenters. The van der Waals surface area contributed by atoms with Crippen molar-refractivity contribution < 1.29 is 14.7 Å². The fourth-order valence-electron chi connectivity index (χ4n) is 2.66. The van der Waals surface area contributed by atoms with Gasteiger partial charge in [0.2, 0.25) is 0 Å². The molecule has 0 aliphatic carbocycles. The van der Waals surface area contributed by atoms with Gasteiger partial charge in [-0.2, -0.15) is 0 Å². The van der Waals surface area contributed by atoms with Gasteiger partial charge in [-0.1, -0.05) is 26.0 Å². The molecule has 2 unspecified atom stereocenters. The van der Waals surface area contributed by atoms with E-state index in [0.717, 1.165) is 12.8 Å². The zero-order chi connectivity index (χ0) is 17.0. The second-order valence-electron chi connectivity index (χ2n) is 6.57. The second kappa shape index (κ2) is 7.70. The van der Waals surface area contributed by atoms with Crippen molar-refractivity contribution in [3.8, 4) is 0 Å². The van der Waals surface area contributed by atoms with E-state index in [9.17, 15) is 14.7 Å². The van der Waals surface area contributed by atoms with Crippen LogP contribution in [0.5, 0.6) is 0 Å². The summed E-state index contributed by atoms with van der Waals surface area (Å²) in [5, 5.41) is 13.1. The van der Waals surface area contributed by atoms with Crippen LogP contribution in [-0.2, 0) is 0 Å². The maximum atomic E-state index is 12.2. The SMILES string of the molecule is CC(CCCN1C(=O)c2ccccc2C1=O)NCC(O)C(C)C. The third-order valence-electron chi connectivity index (χ3n) is 4.34. The standard InChI is InChI=1S/C18H26N2O3/c1-12(2)16(21)11-19-13(3)7-6-10-20-17(22)14-8-4-5-9-15(14)18(20)23/h4-5,8-9,12-13,16,19,21H,6-7,10-11H2,1-3H3. The minimum absolute atomic E-state index is 0.193. The van der Waals surface area contributed by atoms with Crippen molar-refractivity contribution in [3.05, 3.63) is 35.4 Å². The fraction of sp³-hybridized carbons (Fsp3) is 0.556. The third kappa shape index (κ3) is 4.18. The van der Waals surface area contributed by atoms with Crippen molar-refractivity contribution in [2.24, 2.45) is 5.92 Å². The van der Waals surface area contributed by atoms with Crippen LogP contribution in [0.4, 0.5) is 0 Å². The minimum Gasteiger partial charge on any atom is -0.392 e. The van der Waals surface area contributed by atoms with Gasteiger partial charge in [0.15, 0.2) is 0 Å². The number of imide groups is 1. The topological polar surface area (TPSA) is 69.6 Å².